The van der Waals surface area contributed by atoms with E-state index in [1.165, 1.54) is 5.56 Å². The summed E-state index contributed by atoms with van der Waals surface area (Å²) in [5.74, 6) is 0.894. The van der Waals surface area contributed by atoms with Gasteiger partial charge in [-0.2, -0.15) is 0 Å². The lowest BCUT2D eigenvalue weighted by Gasteiger charge is -2.16. The molecule has 28 heavy (non-hydrogen) atoms. The maximum atomic E-state index is 4.85. The number of nitrogens with zero attached hydrogens (tertiary/aromatic N) is 5. The average Bonchev–Trinajstić information content (AvgIpc) is 3.07. The zero-order valence-electron chi connectivity index (χ0n) is 16.6. The maximum Gasteiger partial charge on any atom is 0.210 e. The van der Waals surface area contributed by atoms with Gasteiger partial charge in [0.05, 0.1) is 17.2 Å². The normalized spacial score (nSPS) is 11.6. The Bertz CT molecular complexity index is 1130. The molecule has 0 aliphatic rings. The summed E-state index contributed by atoms with van der Waals surface area (Å²) in [6.07, 6.45) is 2.90. The summed E-state index contributed by atoms with van der Waals surface area (Å²) in [5, 5.41) is 1.09. The molecule has 2 aromatic heterocycles. The van der Waals surface area contributed by atoms with E-state index in [2.05, 4.69) is 74.8 Å². The number of pyridine rings is 1. The van der Waals surface area contributed by atoms with Crippen molar-refractivity contribution in [3.8, 4) is 5.69 Å². The summed E-state index contributed by atoms with van der Waals surface area (Å²) in [6, 6.07) is 15.0. The third-order valence-electron chi connectivity index (χ3n) is 4.87. The first-order valence-corrected chi connectivity index (χ1v) is 10.1. The van der Waals surface area contributed by atoms with Crippen molar-refractivity contribution < 1.29 is 0 Å². The van der Waals surface area contributed by atoms with Gasteiger partial charge in [-0.15, -0.1) is 0 Å². The Hall–Kier alpha value is -2.44. The molecule has 0 amide bonds. The largest absolute Gasteiger partial charge is 0.348 e. The van der Waals surface area contributed by atoms with E-state index in [-0.39, 0.29) is 0 Å². The first-order chi connectivity index (χ1) is 13.4. The van der Waals surface area contributed by atoms with E-state index in [9.17, 15) is 0 Å². The highest BCUT2D eigenvalue weighted by Gasteiger charge is 2.17. The van der Waals surface area contributed by atoms with Gasteiger partial charge in [0.25, 0.3) is 0 Å². The summed E-state index contributed by atoms with van der Waals surface area (Å²) in [7, 11) is 8.25. The van der Waals surface area contributed by atoms with Crippen LogP contribution in [0.5, 0.6) is 0 Å². The Morgan fingerprint density at radius 1 is 0.964 bits per heavy atom. The van der Waals surface area contributed by atoms with Crippen molar-refractivity contribution in [1.82, 2.24) is 19.4 Å². The number of hydrogen-bond acceptors (Lipinski definition) is 4. The van der Waals surface area contributed by atoms with Crippen LogP contribution in [0.1, 0.15) is 5.56 Å². The minimum absolute atomic E-state index is 0.894. The maximum absolute atomic E-state index is 4.85. The number of imidazole rings is 1. The van der Waals surface area contributed by atoms with Crippen LogP contribution in [0, 0.1) is 0 Å². The van der Waals surface area contributed by atoms with Gasteiger partial charge in [-0.1, -0.05) is 28.1 Å². The van der Waals surface area contributed by atoms with E-state index in [1.807, 2.05) is 37.3 Å². The number of hydrogen-bond donors (Lipinski definition) is 0. The predicted molar refractivity (Wildman–Crippen MR) is 121 cm³/mol. The molecule has 2 aromatic carbocycles. The van der Waals surface area contributed by atoms with Crippen molar-refractivity contribution in [3.05, 3.63) is 58.7 Å². The van der Waals surface area contributed by atoms with E-state index in [1.54, 1.807) is 0 Å². The Morgan fingerprint density at radius 2 is 1.71 bits per heavy atom. The number of rotatable bonds is 5. The molecule has 2 heterocycles. The van der Waals surface area contributed by atoms with Gasteiger partial charge in [0.2, 0.25) is 5.95 Å². The molecule has 5 nitrogen and oxygen atoms in total. The Labute approximate surface area is 173 Å². The quantitative estimate of drug-likeness (QED) is 0.460. The van der Waals surface area contributed by atoms with Gasteiger partial charge in [0.15, 0.2) is 0 Å². The van der Waals surface area contributed by atoms with Crippen LogP contribution in [0.3, 0.4) is 0 Å². The third-order valence-corrected chi connectivity index (χ3v) is 5.36. The molecule has 0 bridgehead atoms. The molecule has 0 aliphatic heterocycles. The fourth-order valence-electron chi connectivity index (χ4n) is 3.42. The van der Waals surface area contributed by atoms with Crippen molar-refractivity contribution in [2.24, 2.45) is 0 Å². The highest BCUT2D eigenvalue weighted by atomic mass is 79.9. The molecule has 0 N–H and O–H groups in total. The third kappa shape index (κ3) is 3.50. The van der Waals surface area contributed by atoms with E-state index in [4.69, 9.17) is 4.98 Å². The zero-order chi connectivity index (χ0) is 19.8. The molecule has 0 unspecified atom stereocenters. The number of anilines is 1. The summed E-state index contributed by atoms with van der Waals surface area (Å²) < 4.78 is 3.26. The van der Waals surface area contributed by atoms with Crippen molar-refractivity contribution in [2.75, 3.05) is 39.6 Å². The number of benzene rings is 2. The SMILES string of the molecule is CN(C)CCc1ccc(-n2c(N(C)C)nc3cnc4ccc(Br)cc4c32)cc1. The van der Waals surface area contributed by atoms with Crippen LogP contribution in [0.4, 0.5) is 5.95 Å². The van der Waals surface area contributed by atoms with Crippen molar-refractivity contribution in [1.29, 1.82) is 0 Å². The fraction of sp³-hybridized carbons (Fsp3) is 0.273. The number of fused-ring (bicyclic) bond motifs is 3. The number of halogens is 1. The lowest BCUT2D eigenvalue weighted by Crippen LogP contribution is -2.15. The van der Waals surface area contributed by atoms with Gasteiger partial charge in [0, 0.05) is 36.2 Å². The summed E-state index contributed by atoms with van der Waals surface area (Å²) in [4.78, 5) is 13.7. The molecule has 4 rings (SSSR count). The highest BCUT2D eigenvalue weighted by molar-refractivity contribution is 9.10. The van der Waals surface area contributed by atoms with Crippen LogP contribution >= 0.6 is 15.9 Å². The second-order valence-electron chi connectivity index (χ2n) is 7.51. The monoisotopic (exact) mass is 437 g/mol. The second kappa shape index (κ2) is 7.53. The minimum Gasteiger partial charge on any atom is -0.348 e. The lowest BCUT2D eigenvalue weighted by molar-refractivity contribution is 0.413. The van der Waals surface area contributed by atoms with Crippen molar-refractivity contribution >= 4 is 43.8 Å². The molecule has 0 atom stereocenters. The molecule has 4 aromatic rings. The Balaban J connectivity index is 1.91. The van der Waals surface area contributed by atoms with Gasteiger partial charge in [-0.3, -0.25) is 9.55 Å². The summed E-state index contributed by atoms with van der Waals surface area (Å²) >= 11 is 3.60. The topological polar surface area (TPSA) is 37.2 Å². The molecule has 144 valence electrons. The van der Waals surface area contributed by atoms with Gasteiger partial charge < -0.3 is 9.80 Å². The van der Waals surface area contributed by atoms with E-state index < -0.39 is 0 Å². The van der Waals surface area contributed by atoms with Crippen molar-refractivity contribution in [2.45, 2.75) is 6.42 Å². The van der Waals surface area contributed by atoms with Crippen LogP contribution in [-0.2, 0) is 6.42 Å². The standard InChI is InChI=1S/C22H24BrN5/c1-26(2)12-11-15-5-8-17(9-6-15)28-21-18-13-16(23)7-10-19(18)24-14-20(21)25-22(28)27(3)4/h5-10,13-14H,11-12H2,1-4H3. The molecule has 0 saturated carbocycles. The molecule has 0 aliphatic carbocycles. The van der Waals surface area contributed by atoms with Crippen LogP contribution in [0.15, 0.2) is 53.1 Å². The molecule has 0 fully saturated rings. The molecule has 6 heteroatoms. The van der Waals surface area contributed by atoms with Crippen LogP contribution in [0.25, 0.3) is 27.6 Å². The second-order valence-corrected chi connectivity index (χ2v) is 8.43. The average molecular weight is 438 g/mol. The Morgan fingerprint density at radius 3 is 2.39 bits per heavy atom. The first kappa shape index (κ1) is 18.9. The van der Waals surface area contributed by atoms with Gasteiger partial charge in [-0.25, -0.2) is 4.98 Å². The zero-order valence-corrected chi connectivity index (χ0v) is 18.2. The Kier molecular flexibility index (Phi) is 5.08. The van der Waals surface area contributed by atoms with Crippen molar-refractivity contribution in [3.63, 3.8) is 0 Å². The van der Waals surface area contributed by atoms with E-state index >= 15 is 0 Å². The van der Waals surface area contributed by atoms with E-state index in [0.717, 1.165) is 51.0 Å². The number of likely N-dealkylation sites (N-methyl/N-ethyl adjacent to an activating group) is 1. The van der Waals surface area contributed by atoms with Gasteiger partial charge in [-0.05, 0) is 56.4 Å². The smallest absolute Gasteiger partial charge is 0.210 e. The van der Waals surface area contributed by atoms with Crippen LogP contribution < -0.4 is 4.90 Å². The van der Waals surface area contributed by atoms with Gasteiger partial charge >= 0.3 is 0 Å². The minimum atomic E-state index is 0.894. The summed E-state index contributed by atoms with van der Waals surface area (Å²) in [5.41, 5.74) is 5.38. The lowest BCUT2D eigenvalue weighted by atomic mass is 10.1. The van der Waals surface area contributed by atoms with Crippen LogP contribution in [0.2, 0.25) is 0 Å². The molecule has 0 spiro atoms. The predicted octanol–water partition coefficient (Wildman–Crippen LogP) is 4.51. The first-order valence-electron chi connectivity index (χ1n) is 9.32. The molecule has 0 radical (unpaired) electrons. The highest BCUT2D eigenvalue weighted by Crippen LogP contribution is 2.32. The van der Waals surface area contributed by atoms with Gasteiger partial charge in [0.1, 0.15) is 5.52 Å². The fourth-order valence-corrected chi connectivity index (χ4v) is 3.78. The van der Waals surface area contributed by atoms with Crippen LogP contribution in [-0.4, -0.2) is 54.2 Å². The molecule has 0 saturated heterocycles. The number of aromatic nitrogens is 3. The van der Waals surface area contributed by atoms with E-state index in [0.29, 0.717) is 0 Å². The molecular formula is C22H24BrN5. The summed E-state index contributed by atoms with van der Waals surface area (Å²) in [6.45, 7) is 1.04. The molecular weight excluding hydrogens is 414 g/mol.